The molecule has 37 heavy (non-hydrogen) atoms. The molecule has 8 heteroatoms. The van der Waals surface area contributed by atoms with E-state index >= 15 is 0 Å². The number of ether oxygens (including phenoxy) is 3. The summed E-state index contributed by atoms with van der Waals surface area (Å²) in [6, 6.07) is 12.8. The number of carbonyl (C=O) groups excluding carboxylic acids is 1. The van der Waals surface area contributed by atoms with Gasteiger partial charge in [0.2, 0.25) is 0 Å². The van der Waals surface area contributed by atoms with Crippen molar-refractivity contribution >= 4 is 5.78 Å². The van der Waals surface area contributed by atoms with Gasteiger partial charge in [-0.15, -0.1) is 0 Å². The molecule has 1 saturated carbocycles. The monoisotopic (exact) mass is 509 g/mol. The lowest BCUT2D eigenvalue weighted by Gasteiger charge is -2.31. The second-order valence-corrected chi connectivity index (χ2v) is 9.42. The van der Waals surface area contributed by atoms with Gasteiger partial charge in [-0.05, 0) is 87.2 Å². The molecule has 2 unspecified atom stereocenters. The zero-order valence-corrected chi connectivity index (χ0v) is 21.5. The Kier molecular flexibility index (Phi) is 7.80. The molecule has 0 saturated heterocycles. The summed E-state index contributed by atoms with van der Waals surface area (Å²) in [6.07, 6.45) is 0.845. The molecule has 1 fully saturated rings. The summed E-state index contributed by atoms with van der Waals surface area (Å²) in [5.74, 6) is 0.923. The van der Waals surface area contributed by atoms with E-state index in [1.807, 2.05) is 0 Å². The van der Waals surface area contributed by atoms with Crippen molar-refractivity contribution in [2.24, 2.45) is 0 Å². The molecular weight excluding hydrogens is 477 g/mol. The van der Waals surface area contributed by atoms with Crippen LogP contribution in [0.4, 0.5) is 4.39 Å². The Morgan fingerprint density at radius 2 is 1.78 bits per heavy atom. The van der Waals surface area contributed by atoms with Crippen LogP contribution in [0.5, 0.6) is 17.2 Å². The van der Waals surface area contributed by atoms with E-state index in [1.54, 1.807) is 49.4 Å². The lowest BCUT2D eigenvalue weighted by atomic mass is 9.86. The Balaban J connectivity index is 1.59. The Labute approximate surface area is 215 Å². The van der Waals surface area contributed by atoms with Crippen LogP contribution in [0.3, 0.4) is 0 Å². The molecule has 1 aliphatic rings. The molecule has 0 radical (unpaired) electrons. The lowest BCUT2D eigenvalue weighted by molar-refractivity contribution is -0.0800. The highest BCUT2D eigenvalue weighted by molar-refractivity contribution is 5.96. The van der Waals surface area contributed by atoms with E-state index < -0.39 is 11.7 Å². The molecule has 0 spiro atoms. The minimum Gasteiger partial charge on any atom is -0.494 e. The van der Waals surface area contributed by atoms with Crippen molar-refractivity contribution in [1.82, 2.24) is 4.98 Å². The molecule has 0 bridgehead atoms. The van der Waals surface area contributed by atoms with Crippen LogP contribution in [-0.2, 0) is 5.60 Å². The minimum atomic E-state index is -1.81. The number of pyridine rings is 1. The number of aryl methyl sites for hydroxylation is 1. The second kappa shape index (κ2) is 10.9. The topological polar surface area (TPSA) is 98.1 Å². The highest BCUT2D eigenvalue weighted by atomic mass is 19.1. The highest BCUT2D eigenvalue weighted by Crippen LogP contribution is 2.37. The smallest absolute Gasteiger partial charge is 0.163 e. The van der Waals surface area contributed by atoms with E-state index in [2.05, 4.69) is 4.98 Å². The molecule has 1 aliphatic carbocycles. The third kappa shape index (κ3) is 5.76. The summed E-state index contributed by atoms with van der Waals surface area (Å²) in [5, 5.41) is 22.1. The number of Topliss-reactive ketones (excluding diaryl/α,β-unsaturated/α-hetero) is 1. The van der Waals surface area contributed by atoms with E-state index in [9.17, 15) is 19.4 Å². The number of aliphatic hydroxyl groups excluding tert-OH is 1. The van der Waals surface area contributed by atoms with Crippen molar-refractivity contribution in [3.05, 3.63) is 71.2 Å². The summed E-state index contributed by atoms with van der Waals surface area (Å²) in [5.41, 5.74) is 0.209. The molecule has 3 aromatic rings. The zero-order valence-electron chi connectivity index (χ0n) is 21.5. The molecule has 4 rings (SSSR count). The van der Waals surface area contributed by atoms with Crippen molar-refractivity contribution < 1.29 is 33.6 Å². The third-order valence-electron chi connectivity index (χ3n) is 6.68. The van der Waals surface area contributed by atoms with Crippen LogP contribution in [0.2, 0.25) is 0 Å². The first-order chi connectivity index (χ1) is 17.7. The van der Waals surface area contributed by atoms with Gasteiger partial charge in [0.15, 0.2) is 17.3 Å². The molecule has 0 amide bonds. The van der Waals surface area contributed by atoms with Crippen molar-refractivity contribution in [3.8, 4) is 28.5 Å². The zero-order chi connectivity index (χ0) is 26.7. The molecule has 2 aromatic carbocycles. The van der Waals surface area contributed by atoms with Gasteiger partial charge in [-0.2, -0.15) is 0 Å². The van der Waals surface area contributed by atoms with Crippen LogP contribution in [-0.4, -0.2) is 47.4 Å². The highest BCUT2D eigenvalue weighted by Gasteiger charge is 2.37. The van der Waals surface area contributed by atoms with E-state index in [0.717, 1.165) is 12.8 Å². The summed E-state index contributed by atoms with van der Waals surface area (Å²) in [6.45, 7) is 3.09. The van der Waals surface area contributed by atoms with Crippen LogP contribution in [0.15, 0.2) is 48.5 Å². The number of hydrogen-bond donors (Lipinski definition) is 2. The first-order valence-corrected chi connectivity index (χ1v) is 12.3. The third-order valence-corrected chi connectivity index (χ3v) is 6.68. The number of aliphatic hydroxyl groups is 2. The van der Waals surface area contributed by atoms with Gasteiger partial charge >= 0.3 is 0 Å². The van der Waals surface area contributed by atoms with Gasteiger partial charge in [0.1, 0.15) is 22.9 Å². The number of halogens is 1. The fourth-order valence-electron chi connectivity index (χ4n) is 4.15. The van der Waals surface area contributed by atoms with E-state index in [0.29, 0.717) is 39.6 Å². The average molecular weight is 510 g/mol. The predicted molar refractivity (Wildman–Crippen MR) is 137 cm³/mol. The second-order valence-electron chi connectivity index (χ2n) is 9.42. The largest absolute Gasteiger partial charge is 0.494 e. The lowest BCUT2D eigenvalue weighted by Crippen LogP contribution is -2.39. The number of hydrogen-bond acceptors (Lipinski definition) is 7. The van der Waals surface area contributed by atoms with Gasteiger partial charge in [0.25, 0.3) is 0 Å². The molecular formula is C29H32FNO6. The molecule has 1 heterocycles. The van der Waals surface area contributed by atoms with Crippen molar-refractivity contribution in [1.29, 1.82) is 0 Å². The summed E-state index contributed by atoms with van der Waals surface area (Å²) < 4.78 is 30.5. The minimum absolute atomic E-state index is 0.0495. The van der Waals surface area contributed by atoms with Crippen LogP contribution >= 0.6 is 0 Å². The standard InChI is InChI=1S/C29H32FNO6/c1-17-15-20(5-9-22(17)30)28-25(35-3)11-12-27(31-28)29(34,18(2)32)14-13-23(33)19-6-10-24(26(16-19)36-4)37-21-7-8-21/h5-6,9-12,15-16,18,21,32,34H,7-8,13-14H2,1-4H3. The van der Waals surface area contributed by atoms with E-state index in [1.165, 1.54) is 27.2 Å². The molecule has 7 nitrogen and oxygen atoms in total. The first kappa shape index (κ1) is 26.6. The van der Waals surface area contributed by atoms with Gasteiger partial charge in [-0.3, -0.25) is 4.79 Å². The van der Waals surface area contributed by atoms with Gasteiger partial charge in [0, 0.05) is 17.5 Å². The van der Waals surface area contributed by atoms with Crippen LogP contribution in [0, 0.1) is 12.7 Å². The first-order valence-electron chi connectivity index (χ1n) is 12.3. The maximum atomic E-state index is 13.8. The van der Waals surface area contributed by atoms with Crippen molar-refractivity contribution in [3.63, 3.8) is 0 Å². The maximum absolute atomic E-state index is 13.8. The predicted octanol–water partition coefficient (Wildman–Crippen LogP) is 4.99. The summed E-state index contributed by atoms with van der Waals surface area (Å²) >= 11 is 0. The number of methoxy groups -OCH3 is 2. The van der Waals surface area contributed by atoms with Gasteiger partial charge < -0.3 is 24.4 Å². The van der Waals surface area contributed by atoms with Gasteiger partial charge in [-0.25, -0.2) is 9.37 Å². The van der Waals surface area contributed by atoms with Crippen LogP contribution in [0.1, 0.15) is 54.2 Å². The number of aromatic nitrogens is 1. The number of rotatable bonds is 11. The normalized spacial score (nSPS) is 15.5. The summed E-state index contributed by atoms with van der Waals surface area (Å²) in [4.78, 5) is 17.6. The Hall–Kier alpha value is -3.49. The Morgan fingerprint density at radius 3 is 2.41 bits per heavy atom. The number of nitrogens with zero attached hydrogens (tertiary/aromatic N) is 1. The maximum Gasteiger partial charge on any atom is 0.163 e. The van der Waals surface area contributed by atoms with Gasteiger partial charge in [0.05, 0.1) is 32.1 Å². The Morgan fingerprint density at radius 1 is 1.08 bits per heavy atom. The molecule has 2 N–H and O–H groups in total. The summed E-state index contributed by atoms with van der Waals surface area (Å²) in [7, 11) is 3.01. The number of carbonyl (C=O) groups is 1. The fraction of sp³-hybridized carbons (Fsp3) is 0.379. The fourth-order valence-corrected chi connectivity index (χ4v) is 4.15. The quantitative estimate of drug-likeness (QED) is 0.352. The SMILES string of the molecule is COc1cc(C(=O)CCC(O)(c2ccc(OC)c(-c3ccc(F)c(C)c3)n2)C(C)O)ccc1OC1CC1. The molecule has 2 atom stereocenters. The Bertz CT molecular complexity index is 1290. The van der Waals surface area contributed by atoms with Crippen molar-refractivity contribution in [2.45, 2.75) is 57.3 Å². The molecule has 1 aromatic heterocycles. The number of benzene rings is 2. The van der Waals surface area contributed by atoms with Crippen LogP contribution < -0.4 is 14.2 Å². The van der Waals surface area contributed by atoms with E-state index in [-0.39, 0.29) is 36.2 Å². The van der Waals surface area contributed by atoms with Gasteiger partial charge in [-0.1, -0.05) is 0 Å². The molecule has 196 valence electrons. The van der Waals surface area contributed by atoms with E-state index in [4.69, 9.17) is 14.2 Å². The average Bonchev–Trinajstić information content (AvgIpc) is 3.72. The van der Waals surface area contributed by atoms with Crippen molar-refractivity contribution in [2.75, 3.05) is 14.2 Å². The molecule has 0 aliphatic heterocycles. The van der Waals surface area contributed by atoms with Crippen LogP contribution in [0.25, 0.3) is 11.3 Å². The number of ketones is 1.